The number of aryl methyl sites for hydroxylation is 1. The van der Waals surface area contributed by atoms with Gasteiger partial charge in [0.1, 0.15) is 6.07 Å². The largest absolute Gasteiger partial charge is 0.325 e. The molecule has 0 atom stereocenters. The Bertz CT molecular complexity index is 630. The molecule has 0 aliphatic rings. The Kier molecular flexibility index (Phi) is 4.52. The maximum Gasteiger partial charge on any atom is 0.226 e. The summed E-state index contributed by atoms with van der Waals surface area (Å²) in [6.45, 7) is 0.517. The molecule has 1 heterocycles. The first kappa shape index (κ1) is 13.5. The number of carbonyl (C=O) groups excluding carboxylic acids is 1. The molecule has 0 fully saturated rings. The molecule has 1 amide bonds. The molecule has 1 aromatic carbocycles. The highest BCUT2D eigenvalue weighted by Gasteiger charge is 2.06. The summed E-state index contributed by atoms with van der Waals surface area (Å²) in [5.41, 5.74) is 1.01. The van der Waals surface area contributed by atoms with Crippen LogP contribution < -0.4 is 5.32 Å². The van der Waals surface area contributed by atoms with Gasteiger partial charge in [-0.25, -0.2) is 0 Å². The van der Waals surface area contributed by atoms with Crippen molar-refractivity contribution in [2.45, 2.75) is 13.0 Å². The number of rotatable bonds is 4. The number of hydrogen-bond donors (Lipinski definition) is 1. The average molecular weight is 366 g/mol. The summed E-state index contributed by atoms with van der Waals surface area (Å²) in [6.07, 6.45) is 3.93. The van der Waals surface area contributed by atoms with Crippen molar-refractivity contribution in [3.05, 3.63) is 45.8 Å². The summed E-state index contributed by atoms with van der Waals surface area (Å²) in [5.74, 6) is -0.131. The molecule has 1 aromatic heterocycles. The number of carbonyl (C=O) groups is 1. The predicted molar refractivity (Wildman–Crippen MR) is 79.3 cm³/mol. The first-order valence-electron chi connectivity index (χ1n) is 5.66. The van der Waals surface area contributed by atoms with Crippen LogP contribution in [0.15, 0.2) is 36.7 Å². The van der Waals surface area contributed by atoms with Gasteiger partial charge in [-0.05, 0) is 34.7 Å². The van der Waals surface area contributed by atoms with Gasteiger partial charge in [-0.15, -0.1) is 0 Å². The van der Waals surface area contributed by atoms with Gasteiger partial charge in [0.15, 0.2) is 0 Å². The molecule has 1 N–H and O–H groups in total. The zero-order valence-corrected chi connectivity index (χ0v) is 12.2. The third kappa shape index (κ3) is 3.79. The van der Waals surface area contributed by atoms with E-state index in [0.29, 0.717) is 24.2 Å². The Morgan fingerprint density at radius 2 is 2.26 bits per heavy atom. The minimum absolute atomic E-state index is 0.131. The standard InChI is InChI=1S/C13H11IN4O/c14-11-8-16-18(9-11)6-5-13(19)17-12-4-2-1-3-10(12)7-15/h1-4,8-9H,5-6H2,(H,17,19). The van der Waals surface area contributed by atoms with Crippen molar-refractivity contribution in [1.82, 2.24) is 9.78 Å². The van der Waals surface area contributed by atoms with E-state index in [1.807, 2.05) is 12.3 Å². The van der Waals surface area contributed by atoms with Crippen molar-refractivity contribution in [2.75, 3.05) is 5.32 Å². The highest BCUT2D eigenvalue weighted by Crippen LogP contribution is 2.13. The molecule has 2 aromatic rings. The maximum atomic E-state index is 11.8. The Balaban J connectivity index is 1.93. The molecule has 0 unspecified atom stereocenters. The molecule has 6 heteroatoms. The number of nitrogens with zero attached hydrogens (tertiary/aromatic N) is 3. The summed E-state index contributed by atoms with van der Waals surface area (Å²) in [6, 6.07) is 8.98. The lowest BCUT2D eigenvalue weighted by atomic mass is 10.2. The van der Waals surface area contributed by atoms with E-state index in [1.165, 1.54) is 0 Å². The van der Waals surface area contributed by atoms with Crippen LogP contribution in [0.4, 0.5) is 5.69 Å². The normalized spacial score (nSPS) is 9.89. The molecule has 0 aliphatic carbocycles. The highest BCUT2D eigenvalue weighted by atomic mass is 127. The highest BCUT2D eigenvalue weighted by molar-refractivity contribution is 14.1. The number of nitriles is 1. The van der Waals surface area contributed by atoms with Gasteiger partial charge in [-0.2, -0.15) is 10.4 Å². The minimum Gasteiger partial charge on any atom is -0.325 e. The third-order valence-corrected chi connectivity index (χ3v) is 3.05. The summed E-state index contributed by atoms with van der Waals surface area (Å²) in [4.78, 5) is 11.8. The number of para-hydroxylation sites is 1. The Labute approximate surface area is 124 Å². The lowest BCUT2D eigenvalue weighted by Crippen LogP contribution is -2.15. The van der Waals surface area contributed by atoms with Gasteiger partial charge in [-0.1, -0.05) is 12.1 Å². The van der Waals surface area contributed by atoms with Gasteiger partial charge in [0.2, 0.25) is 5.91 Å². The summed E-state index contributed by atoms with van der Waals surface area (Å²) in [5, 5.41) is 15.8. The first-order chi connectivity index (χ1) is 9.19. The van der Waals surface area contributed by atoms with Gasteiger partial charge in [0.05, 0.1) is 21.0 Å². The molecule has 0 saturated heterocycles. The van der Waals surface area contributed by atoms with E-state index in [-0.39, 0.29) is 5.91 Å². The number of anilines is 1. The maximum absolute atomic E-state index is 11.8. The van der Waals surface area contributed by atoms with Crippen LogP contribution >= 0.6 is 22.6 Å². The van der Waals surface area contributed by atoms with Crippen molar-refractivity contribution >= 4 is 34.2 Å². The first-order valence-corrected chi connectivity index (χ1v) is 6.74. The topological polar surface area (TPSA) is 70.7 Å². The van der Waals surface area contributed by atoms with Gasteiger partial charge in [-0.3, -0.25) is 9.48 Å². The van der Waals surface area contributed by atoms with Crippen molar-refractivity contribution < 1.29 is 4.79 Å². The molecule has 0 aliphatic heterocycles. The second-order valence-corrected chi connectivity index (χ2v) is 5.12. The Morgan fingerprint density at radius 3 is 2.95 bits per heavy atom. The van der Waals surface area contributed by atoms with Crippen LogP contribution in [0.1, 0.15) is 12.0 Å². The summed E-state index contributed by atoms with van der Waals surface area (Å²) >= 11 is 2.17. The summed E-state index contributed by atoms with van der Waals surface area (Å²) < 4.78 is 2.75. The van der Waals surface area contributed by atoms with Crippen molar-refractivity contribution in [1.29, 1.82) is 5.26 Å². The third-order valence-electron chi connectivity index (χ3n) is 2.49. The number of benzene rings is 1. The lowest BCUT2D eigenvalue weighted by Gasteiger charge is -2.06. The van der Waals surface area contributed by atoms with Crippen LogP contribution in [-0.2, 0) is 11.3 Å². The van der Waals surface area contributed by atoms with Crippen LogP contribution in [0.3, 0.4) is 0 Å². The van der Waals surface area contributed by atoms with E-state index in [0.717, 1.165) is 3.57 Å². The van der Waals surface area contributed by atoms with Crippen LogP contribution in [0.25, 0.3) is 0 Å². The van der Waals surface area contributed by atoms with Gasteiger partial charge < -0.3 is 5.32 Å². The SMILES string of the molecule is N#Cc1ccccc1NC(=O)CCn1cc(I)cn1. The minimum atomic E-state index is -0.131. The lowest BCUT2D eigenvalue weighted by molar-refractivity contribution is -0.116. The molecular weight excluding hydrogens is 355 g/mol. The number of nitrogens with one attached hydrogen (secondary N) is 1. The van der Waals surface area contributed by atoms with Crippen LogP contribution in [0, 0.1) is 14.9 Å². The molecule has 19 heavy (non-hydrogen) atoms. The van der Waals surface area contributed by atoms with E-state index in [2.05, 4.69) is 33.0 Å². The zero-order chi connectivity index (χ0) is 13.7. The second-order valence-electron chi connectivity index (χ2n) is 3.88. The molecule has 0 radical (unpaired) electrons. The second kappa shape index (κ2) is 6.33. The Hall–Kier alpha value is -1.88. The fourth-order valence-corrected chi connectivity index (χ4v) is 2.03. The molecule has 0 spiro atoms. The van der Waals surface area contributed by atoms with E-state index in [9.17, 15) is 4.79 Å². The van der Waals surface area contributed by atoms with Gasteiger partial charge in [0.25, 0.3) is 0 Å². The Morgan fingerprint density at radius 1 is 1.47 bits per heavy atom. The van der Waals surface area contributed by atoms with Crippen molar-refractivity contribution in [2.24, 2.45) is 0 Å². The average Bonchev–Trinajstić information content (AvgIpc) is 2.83. The van der Waals surface area contributed by atoms with E-state index >= 15 is 0 Å². The van der Waals surface area contributed by atoms with E-state index in [1.54, 1.807) is 35.1 Å². The zero-order valence-electron chi connectivity index (χ0n) is 10.0. The molecule has 0 bridgehead atoms. The number of aromatic nitrogens is 2. The van der Waals surface area contributed by atoms with Crippen LogP contribution in [-0.4, -0.2) is 15.7 Å². The number of halogens is 1. The molecule has 96 valence electrons. The molecule has 2 rings (SSSR count). The fraction of sp³-hybridized carbons (Fsp3) is 0.154. The molecular formula is C13H11IN4O. The summed E-state index contributed by atoms with van der Waals surface area (Å²) in [7, 11) is 0. The van der Waals surface area contributed by atoms with E-state index < -0.39 is 0 Å². The van der Waals surface area contributed by atoms with E-state index in [4.69, 9.17) is 5.26 Å². The smallest absolute Gasteiger partial charge is 0.226 e. The van der Waals surface area contributed by atoms with Gasteiger partial charge >= 0.3 is 0 Å². The van der Waals surface area contributed by atoms with Crippen molar-refractivity contribution in [3.63, 3.8) is 0 Å². The number of hydrogen-bond acceptors (Lipinski definition) is 3. The fourth-order valence-electron chi connectivity index (χ4n) is 1.58. The quantitative estimate of drug-likeness (QED) is 0.845. The van der Waals surface area contributed by atoms with Crippen LogP contribution in [0.5, 0.6) is 0 Å². The molecule has 0 saturated carbocycles. The van der Waals surface area contributed by atoms with Gasteiger partial charge in [0, 0.05) is 19.2 Å². The van der Waals surface area contributed by atoms with Crippen molar-refractivity contribution in [3.8, 4) is 6.07 Å². The monoisotopic (exact) mass is 366 g/mol. The predicted octanol–water partition coefficient (Wildman–Crippen LogP) is 2.39. The molecule has 5 nitrogen and oxygen atoms in total. The number of amides is 1. The van der Waals surface area contributed by atoms with Crippen LogP contribution in [0.2, 0.25) is 0 Å².